The van der Waals surface area contributed by atoms with Crippen LogP contribution in [0.1, 0.15) is 17.9 Å². The molecule has 1 fully saturated rings. The molecule has 0 saturated carbocycles. The second kappa shape index (κ2) is 8.90. The maximum atomic E-state index is 14.8. The van der Waals surface area contributed by atoms with E-state index < -0.39 is 34.0 Å². The molecule has 4 rings (SSSR count). The average Bonchev–Trinajstić information content (AvgIpc) is 3.45. The second-order valence-electron chi connectivity index (χ2n) is 7.04. The predicted molar refractivity (Wildman–Crippen MR) is 111 cm³/mol. The van der Waals surface area contributed by atoms with E-state index in [4.69, 9.17) is 4.42 Å². The summed E-state index contributed by atoms with van der Waals surface area (Å²) in [6, 6.07) is 5.19. The minimum absolute atomic E-state index is 0.0624. The van der Waals surface area contributed by atoms with Gasteiger partial charge >= 0.3 is 12.5 Å². The third-order valence-corrected chi connectivity index (χ3v) is 7.20. The normalized spacial score (nSPS) is 15.8. The number of sulfone groups is 1. The van der Waals surface area contributed by atoms with Crippen LogP contribution in [0.3, 0.4) is 0 Å². The largest absolute Gasteiger partial charge is 0.415 e. The van der Waals surface area contributed by atoms with Crippen LogP contribution in [0.5, 0.6) is 0 Å². The van der Waals surface area contributed by atoms with E-state index in [1.165, 1.54) is 33.3 Å². The number of carbonyl (C=O) groups is 1. The Labute approximate surface area is 185 Å². The molecule has 170 valence electrons. The molecule has 0 unspecified atom stereocenters. The van der Waals surface area contributed by atoms with Gasteiger partial charge in [-0.3, -0.25) is 4.90 Å². The molecular formula is C19H17F3N4O4S2. The number of anilines is 1. The molecule has 0 atom stereocenters. The number of hydrogen-bond donors (Lipinski definition) is 0. The van der Waals surface area contributed by atoms with Crippen LogP contribution in [0.25, 0.3) is 11.5 Å². The second-order valence-corrected chi connectivity index (χ2v) is 10.1. The van der Waals surface area contributed by atoms with Crippen molar-refractivity contribution in [3.63, 3.8) is 0 Å². The predicted octanol–water partition coefficient (Wildman–Crippen LogP) is 3.73. The van der Waals surface area contributed by atoms with E-state index in [2.05, 4.69) is 10.2 Å². The summed E-state index contributed by atoms with van der Waals surface area (Å²) >= 11 is 1.36. The third kappa shape index (κ3) is 4.78. The SMILES string of the molecule is O=C(N1CCS(=O)(=O)CC1)N(Cc1ccc(-c2nnc(C(F)F)o2)cc1F)c1ccsc1. The fraction of sp³-hybridized carbons (Fsp3) is 0.316. The summed E-state index contributed by atoms with van der Waals surface area (Å²) in [4.78, 5) is 15.9. The molecule has 1 saturated heterocycles. The highest BCUT2D eigenvalue weighted by Crippen LogP contribution is 2.27. The van der Waals surface area contributed by atoms with Gasteiger partial charge in [-0.1, -0.05) is 6.07 Å². The molecule has 32 heavy (non-hydrogen) atoms. The molecule has 0 aliphatic carbocycles. The van der Waals surface area contributed by atoms with Crippen LogP contribution in [0.2, 0.25) is 0 Å². The Morgan fingerprint density at radius 1 is 1.22 bits per heavy atom. The van der Waals surface area contributed by atoms with Gasteiger partial charge in [0.15, 0.2) is 9.84 Å². The lowest BCUT2D eigenvalue weighted by molar-refractivity contribution is 0.116. The van der Waals surface area contributed by atoms with E-state index in [0.29, 0.717) is 5.69 Å². The molecule has 0 bridgehead atoms. The molecular weight excluding hydrogens is 469 g/mol. The summed E-state index contributed by atoms with van der Waals surface area (Å²) in [7, 11) is -3.17. The number of nitrogens with zero attached hydrogens (tertiary/aromatic N) is 4. The Bertz CT molecular complexity index is 1200. The molecule has 0 spiro atoms. The Balaban J connectivity index is 1.56. The lowest BCUT2D eigenvalue weighted by Gasteiger charge is -2.32. The summed E-state index contributed by atoms with van der Waals surface area (Å²) in [6.07, 6.45) is -2.93. The number of rotatable bonds is 5. The van der Waals surface area contributed by atoms with Gasteiger partial charge in [0.25, 0.3) is 5.89 Å². The molecule has 2 amide bonds. The molecule has 3 heterocycles. The average molecular weight is 486 g/mol. The number of aromatic nitrogens is 2. The molecule has 1 aromatic carbocycles. The minimum Gasteiger partial charge on any atom is -0.415 e. The standard InChI is InChI=1S/C19H17F3N4O4S2/c20-15-9-12(17-23-24-18(30-17)16(21)22)1-2-13(15)10-26(14-3-6-31-11-14)19(27)25-4-7-32(28,29)8-5-25/h1-3,6,9,11,16H,4-5,7-8,10H2. The molecule has 3 aromatic rings. The summed E-state index contributed by atoms with van der Waals surface area (Å²) in [5.74, 6) is -2.03. The number of urea groups is 1. The summed E-state index contributed by atoms with van der Waals surface area (Å²) in [6.45, 7) is 0.0107. The molecule has 2 aromatic heterocycles. The van der Waals surface area contributed by atoms with E-state index in [1.54, 1.807) is 16.8 Å². The smallest absolute Gasteiger partial charge is 0.324 e. The van der Waals surface area contributed by atoms with Gasteiger partial charge in [0.1, 0.15) is 5.82 Å². The molecule has 0 N–H and O–H groups in total. The fourth-order valence-electron chi connectivity index (χ4n) is 3.17. The quantitative estimate of drug-likeness (QED) is 0.545. The molecule has 0 radical (unpaired) electrons. The van der Waals surface area contributed by atoms with Gasteiger partial charge in [-0.25, -0.2) is 17.6 Å². The molecule has 13 heteroatoms. The van der Waals surface area contributed by atoms with Crippen LogP contribution in [0.15, 0.2) is 39.4 Å². The third-order valence-electron chi connectivity index (χ3n) is 4.92. The van der Waals surface area contributed by atoms with Crippen LogP contribution in [0.4, 0.5) is 23.7 Å². The fourth-order valence-corrected chi connectivity index (χ4v) is 5.02. The molecule has 8 nitrogen and oxygen atoms in total. The zero-order valence-electron chi connectivity index (χ0n) is 16.4. The Morgan fingerprint density at radius 2 is 1.97 bits per heavy atom. The van der Waals surface area contributed by atoms with Crippen LogP contribution >= 0.6 is 11.3 Å². The number of amides is 2. The number of alkyl halides is 2. The Kier molecular flexibility index (Phi) is 6.20. The lowest BCUT2D eigenvalue weighted by atomic mass is 10.1. The maximum absolute atomic E-state index is 14.8. The van der Waals surface area contributed by atoms with Crippen LogP contribution < -0.4 is 4.90 Å². The van der Waals surface area contributed by atoms with Crippen molar-refractivity contribution < 1.29 is 30.8 Å². The van der Waals surface area contributed by atoms with Crippen LogP contribution in [-0.4, -0.2) is 54.1 Å². The zero-order chi connectivity index (χ0) is 22.9. The van der Waals surface area contributed by atoms with E-state index in [1.807, 2.05) is 0 Å². The highest BCUT2D eigenvalue weighted by Gasteiger charge is 2.29. The van der Waals surface area contributed by atoms with Crippen molar-refractivity contribution in [1.82, 2.24) is 15.1 Å². The first-order valence-electron chi connectivity index (χ1n) is 9.43. The summed E-state index contributed by atoms with van der Waals surface area (Å²) in [5.41, 5.74) is 0.849. The van der Waals surface area contributed by atoms with Crippen molar-refractivity contribution in [2.75, 3.05) is 29.5 Å². The van der Waals surface area contributed by atoms with Gasteiger partial charge in [0.05, 0.1) is 23.7 Å². The molecule has 1 aliphatic rings. The number of benzene rings is 1. The zero-order valence-corrected chi connectivity index (χ0v) is 18.1. The van der Waals surface area contributed by atoms with Crippen molar-refractivity contribution in [3.05, 3.63) is 52.3 Å². The first-order chi connectivity index (χ1) is 15.2. The van der Waals surface area contributed by atoms with Crippen molar-refractivity contribution in [1.29, 1.82) is 0 Å². The van der Waals surface area contributed by atoms with Crippen molar-refractivity contribution >= 4 is 32.9 Å². The van der Waals surface area contributed by atoms with Crippen molar-refractivity contribution in [2.24, 2.45) is 0 Å². The molecule has 1 aliphatic heterocycles. The van der Waals surface area contributed by atoms with Gasteiger partial charge in [-0.15, -0.1) is 10.2 Å². The van der Waals surface area contributed by atoms with Gasteiger partial charge < -0.3 is 9.32 Å². The van der Waals surface area contributed by atoms with E-state index in [9.17, 15) is 26.4 Å². The minimum atomic E-state index is -3.17. The van der Waals surface area contributed by atoms with Crippen LogP contribution in [0, 0.1) is 5.82 Å². The first-order valence-corrected chi connectivity index (χ1v) is 12.2. The van der Waals surface area contributed by atoms with E-state index in [0.717, 1.165) is 6.07 Å². The summed E-state index contributed by atoms with van der Waals surface area (Å²) in [5, 5.41) is 10.2. The lowest BCUT2D eigenvalue weighted by Crippen LogP contribution is -2.49. The van der Waals surface area contributed by atoms with Gasteiger partial charge in [0, 0.05) is 29.6 Å². The number of halogens is 3. The van der Waals surface area contributed by atoms with Crippen molar-refractivity contribution in [2.45, 2.75) is 13.0 Å². The highest BCUT2D eigenvalue weighted by atomic mass is 32.2. The maximum Gasteiger partial charge on any atom is 0.324 e. The number of hydrogen-bond acceptors (Lipinski definition) is 7. The monoisotopic (exact) mass is 486 g/mol. The van der Waals surface area contributed by atoms with Gasteiger partial charge in [-0.05, 0) is 23.6 Å². The van der Waals surface area contributed by atoms with Gasteiger partial charge in [0.2, 0.25) is 5.89 Å². The Morgan fingerprint density at radius 3 is 2.56 bits per heavy atom. The first kappa shape index (κ1) is 22.3. The van der Waals surface area contributed by atoms with Crippen LogP contribution in [-0.2, 0) is 16.4 Å². The summed E-state index contributed by atoms with van der Waals surface area (Å²) < 4.78 is 68.3. The Hall–Kier alpha value is -2.93. The van der Waals surface area contributed by atoms with E-state index >= 15 is 0 Å². The number of carbonyl (C=O) groups excluding carboxylic acids is 1. The topological polar surface area (TPSA) is 96.6 Å². The van der Waals surface area contributed by atoms with E-state index in [-0.39, 0.29) is 48.2 Å². The van der Waals surface area contributed by atoms with Crippen molar-refractivity contribution in [3.8, 4) is 11.5 Å². The van der Waals surface area contributed by atoms with Gasteiger partial charge in [-0.2, -0.15) is 20.1 Å². The number of thiophene rings is 1. The highest BCUT2D eigenvalue weighted by molar-refractivity contribution is 7.91.